The summed E-state index contributed by atoms with van der Waals surface area (Å²) in [6, 6.07) is 3.25. The molecule has 32 heavy (non-hydrogen) atoms. The fourth-order valence-corrected chi connectivity index (χ4v) is 2.92. The molecule has 0 unspecified atom stereocenters. The number of alkyl halides is 6. The average Bonchev–Trinajstić information content (AvgIpc) is 2.58. The summed E-state index contributed by atoms with van der Waals surface area (Å²) in [5.74, 6) is 0.278. The molecular weight excluding hydrogens is 498 g/mol. The van der Waals surface area contributed by atoms with Crippen LogP contribution < -0.4 is 9.57 Å². The number of halogens is 6. The quantitative estimate of drug-likeness (QED) is 0.255. The third-order valence-corrected chi connectivity index (χ3v) is 5.80. The monoisotopic (exact) mass is 516 g/mol. The maximum Gasteiger partial charge on any atom is 0.480 e. The predicted molar refractivity (Wildman–Crippen MR) is 96.5 cm³/mol. The number of nitrogens with zero attached hydrogens (tertiary/aromatic N) is 2. The molecule has 0 aliphatic carbocycles. The van der Waals surface area contributed by atoms with Crippen LogP contribution in [-0.2, 0) is 24.8 Å². The van der Waals surface area contributed by atoms with Gasteiger partial charge in [-0.3, -0.25) is 0 Å². The maximum atomic E-state index is 11.4. The minimum Gasteiger partial charge on any atom is -0.465 e. The number of rotatable bonds is 5. The van der Waals surface area contributed by atoms with Gasteiger partial charge >= 0.3 is 17.0 Å². The Morgan fingerprint density at radius 3 is 1.59 bits per heavy atom. The Morgan fingerprint density at radius 2 is 1.31 bits per heavy atom. The van der Waals surface area contributed by atoms with Gasteiger partial charge in [-0.2, -0.15) is 26.3 Å². The molecule has 17 heteroatoms. The van der Waals surface area contributed by atoms with Gasteiger partial charge in [-0.15, -0.1) is 0 Å². The second-order valence-electron chi connectivity index (χ2n) is 6.62. The minimum atomic E-state index is -6.72. The summed E-state index contributed by atoms with van der Waals surface area (Å²) < 4.78 is 115. The molecule has 0 amide bonds. The van der Waals surface area contributed by atoms with Gasteiger partial charge in [0.1, 0.15) is 0 Å². The molecule has 0 radical (unpaired) electrons. The second kappa shape index (κ2) is 10.0. The Hall–Kier alpha value is -2.40. The third kappa shape index (κ3) is 8.62. The van der Waals surface area contributed by atoms with Crippen molar-refractivity contribution >= 4 is 26.0 Å². The number of hydrogen-bond donors (Lipinski definition) is 0. The summed E-state index contributed by atoms with van der Waals surface area (Å²) in [5.41, 5.74) is -12.1. The molecule has 9 nitrogen and oxygen atoms in total. The van der Waals surface area contributed by atoms with E-state index in [1.165, 1.54) is 11.8 Å². The van der Waals surface area contributed by atoms with Crippen molar-refractivity contribution in [2.75, 3.05) is 7.11 Å². The number of carbonyl (C=O) groups is 1. The molecule has 1 heterocycles. The van der Waals surface area contributed by atoms with Crippen molar-refractivity contribution in [3.63, 3.8) is 0 Å². The zero-order valence-electron chi connectivity index (χ0n) is 16.9. The van der Waals surface area contributed by atoms with Gasteiger partial charge in [0.2, 0.25) is 12.4 Å². The van der Waals surface area contributed by atoms with Crippen LogP contribution in [-0.4, -0.2) is 40.9 Å². The van der Waals surface area contributed by atoms with Crippen LogP contribution in [0.25, 0.3) is 4.13 Å². The number of aromatic nitrogens is 1. The van der Waals surface area contributed by atoms with Crippen molar-refractivity contribution in [1.82, 2.24) is 0 Å². The number of ether oxygens (including phenoxy) is 1. The number of carbonyl (C=O) groups excluding carboxylic acids is 1. The highest BCUT2D eigenvalue weighted by molar-refractivity contribution is 8.13. The van der Waals surface area contributed by atoms with Gasteiger partial charge in [0.25, 0.3) is 0 Å². The van der Waals surface area contributed by atoms with Crippen LogP contribution in [0.1, 0.15) is 31.1 Å². The van der Waals surface area contributed by atoms with E-state index in [-0.39, 0.29) is 11.4 Å². The largest absolute Gasteiger partial charge is 0.480 e. The SMILES string of the molecule is C=C(O[n+]1ccc(C(=O)OC)cc1)C(C)(C)C.O=S(=O)([N-]S(=O)(=O)C(F)(F)F)C(F)(F)F. The molecule has 0 aliphatic rings. The molecule has 1 aromatic heterocycles. The lowest BCUT2D eigenvalue weighted by Gasteiger charge is -2.22. The van der Waals surface area contributed by atoms with Crippen LogP contribution in [0.5, 0.6) is 0 Å². The van der Waals surface area contributed by atoms with Crippen LogP contribution >= 0.6 is 0 Å². The normalized spacial score (nSPS) is 12.9. The lowest BCUT2D eigenvalue weighted by molar-refractivity contribution is -0.882. The fourth-order valence-electron chi connectivity index (χ4n) is 1.21. The Labute approximate surface area is 179 Å². The van der Waals surface area contributed by atoms with Crippen LogP contribution in [0.4, 0.5) is 26.3 Å². The second-order valence-corrected chi connectivity index (χ2v) is 10.0. The van der Waals surface area contributed by atoms with Gasteiger partial charge in [0.05, 0.1) is 12.7 Å². The van der Waals surface area contributed by atoms with E-state index in [4.69, 9.17) is 4.84 Å². The molecule has 1 rings (SSSR count). The molecule has 0 saturated carbocycles. The molecule has 0 saturated heterocycles. The van der Waals surface area contributed by atoms with E-state index < -0.39 is 31.1 Å². The summed E-state index contributed by atoms with van der Waals surface area (Å²) in [6.45, 7) is 9.90. The molecule has 0 atom stereocenters. The zero-order valence-corrected chi connectivity index (χ0v) is 18.5. The number of pyridine rings is 1. The number of allylic oxidation sites excluding steroid dienone is 1. The van der Waals surface area contributed by atoms with E-state index in [2.05, 4.69) is 11.3 Å². The molecule has 0 aliphatic heterocycles. The van der Waals surface area contributed by atoms with Gasteiger partial charge < -0.3 is 8.86 Å². The Balaban J connectivity index is 0.000000607. The predicted octanol–water partition coefficient (Wildman–Crippen LogP) is 2.81. The van der Waals surface area contributed by atoms with Crippen molar-refractivity contribution in [2.24, 2.45) is 5.41 Å². The van der Waals surface area contributed by atoms with E-state index in [0.29, 0.717) is 11.3 Å². The van der Waals surface area contributed by atoms with Crippen molar-refractivity contribution in [1.29, 1.82) is 0 Å². The molecule has 1 aromatic rings. The van der Waals surface area contributed by atoms with Crippen molar-refractivity contribution in [3.8, 4) is 0 Å². The summed E-state index contributed by atoms with van der Waals surface area (Å²) >= 11 is 0. The third-order valence-electron chi connectivity index (χ3n) is 3.06. The first-order chi connectivity index (χ1) is 14.0. The Kier molecular flexibility index (Phi) is 9.28. The summed E-state index contributed by atoms with van der Waals surface area (Å²) in [6.07, 6.45) is 3.28. The molecule has 0 aromatic carbocycles. The number of methoxy groups -OCH3 is 1. The zero-order chi connectivity index (χ0) is 25.8. The first kappa shape index (κ1) is 29.6. The number of sulfonamides is 2. The van der Waals surface area contributed by atoms with Crippen molar-refractivity contribution < 1.29 is 62.3 Å². The van der Waals surface area contributed by atoms with Crippen LogP contribution in [0.2, 0.25) is 0 Å². The van der Waals surface area contributed by atoms with E-state index in [1.54, 1.807) is 24.5 Å². The van der Waals surface area contributed by atoms with Crippen LogP contribution in [0.15, 0.2) is 36.9 Å². The van der Waals surface area contributed by atoms with E-state index in [9.17, 15) is 48.0 Å². The van der Waals surface area contributed by atoms with Gasteiger partial charge in [-0.05, 0) is 0 Å². The molecule has 0 fully saturated rings. The molecular formula is C15H18F6N2O7S2. The lowest BCUT2D eigenvalue weighted by atomic mass is 9.95. The molecule has 184 valence electrons. The van der Waals surface area contributed by atoms with Crippen LogP contribution in [0, 0.1) is 5.41 Å². The Bertz CT molecular complexity index is 984. The summed E-state index contributed by atoms with van der Waals surface area (Å²) in [4.78, 5) is 16.7. The standard InChI is InChI=1S/C13H18NO3.C2F6NO4S2/c1-10(13(2,3)4)17-14-8-6-11(7-9-14)12(15)16-5;3-1(4,5)14(10,11)9-15(12,13)2(6,7)8/h6-9H,1H2,2-5H3;/q+1;-1. The van der Waals surface area contributed by atoms with Gasteiger partial charge in [0.15, 0.2) is 25.8 Å². The highest BCUT2D eigenvalue weighted by atomic mass is 32.3. The van der Waals surface area contributed by atoms with Crippen LogP contribution in [0.3, 0.4) is 0 Å². The lowest BCUT2D eigenvalue weighted by Crippen LogP contribution is -2.43. The van der Waals surface area contributed by atoms with E-state index in [1.807, 2.05) is 20.8 Å². The van der Waals surface area contributed by atoms with Gasteiger partial charge in [0, 0.05) is 22.3 Å². The maximum absolute atomic E-state index is 11.4. The van der Waals surface area contributed by atoms with Crippen molar-refractivity contribution in [3.05, 3.63) is 46.6 Å². The highest BCUT2D eigenvalue weighted by Crippen LogP contribution is 2.36. The first-order valence-electron chi connectivity index (χ1n) is 7.89. The number of esters is 1. The fraction of sp³-hybridized carbons (Fsp3) is 0.467. The molecule has 0 N–H and O–H groups in total. The Morgan fingerprint density at radius 1 is 0.938 bits per heavy atom. The van der Waals surface area contributed by atoms with Gasteiger partial charge in [-0.25, -0.2) is 26.5 Å². The first-order valence-corrected chi connectivity index (χ1v) is 10.8. The van der Waals surface area contributed by atoms with Crippen molar-refractivity contribution in [2.45, 2.75) is 31.8 Å². The van der Waals surface area contributed by atoms with E-state index in [0.717, 1.165) is 4.13 Å². The summed E-state index contributed by atoms with van der Waals surface area (Å²) in [5, 5.41) is 0. The smallest absolute Gasteiger partial charge is 0.465 e. The molecule has 0 spiro atoms. The molecule has 0 bridgehead atoms. The summed E-state index contributed by atoms with van der Waals surface area (Å²) in [7, 11) is -12.1. The van der Waals surface area contributed by atoms with E-state index >= 15 is 0 Å². The average molecular weight is 516 g/mol. The highest BCUT2D eigenvalue weighted by Gasteiger charge is 2.46. The number of hydrogen-bond acceptors (Lipinski definition) is 7. The topological polar surface area (TPSA) is 122 Å². The van der Waals surface area contributed by atoms with Gasteiger partial charge in [-0.1, -0.05) is 27.4 Å². The minimum absolute atomic E-state index is 0.131.